The number of ether oxygens (including phenoxy) is 1. The summed E-state index contributed by atoms with van der Waals surface area (Å²) in [6.45, 7) is 11.3. The molecule has 1 saturated heterocycles. The van der Waals surface area contributed by atoms with Gasteiger partial charge in [-0.15, -0.1) is 0 Å². The summed E-state index contributed by atoms with van der Waals surface area (Å²) in [6, 6.07) is 0.623. The van der Waals surface area contributed by atoms with Crippen LogP contribution in [0.1, 0.15) is 52.9 Å². The molecule has 0 aromatic rings. The molecule has 118 valence electrons. The van der Waals surface area contributed by atoms with Gasteiger partial charge in [-0.3, -0.25) is 0 Å². The fourth-order valence-corrected chi connectivity index (χ4v) is 4.09. The maximum absolute atomic E-state index is 5.74. The van der Waals surface area contributed by atoms with E-state index in [1.807, 2.05) is 0 Å². The Morgan fingerprint density at radius 1 is 1.30 bits per heavy atom. The molecule has 0 amide bonds. The molecule has 0 radical (unpaired) electrons. The zero-order valence-corrected chi connectivity index (χ0v) is 14.0. The van der Waals surface area contributed by atoms with Gasteiger partial charge in [0, 0.05) is 25.7 Å². The van der Waals surface area contributed by atoms with Crippen LogP contribution in [0, 0.1) is 11.3 Å². The molecule has 0 aromatic heterocycles. The lowest BCUT2D eigenvalue weighted by atomic mass is 9.84. The van der Waals surface area contributed by atoms with Gasteiger partial charge in [0.1, 0.15) is 0 Å². The van der Waals surface area contributed by atoms with E-state index in [0.29, 0.717) is 17.6 Å². The van der Waals surface area contributed by atoms with Crippen LogP contribution < -0.4 is 5.32 Å². The second-order valence-corrected chi connectivity index (χ2v) is 7.58. The summed E-state index contributed by atoms with van der Waals surface area (Å²) in [5.41, 5.74) is 0.506. The van der Waals surface area contributed by atoms with Crippen LogP contribution in [0.25, 0.3) is 0 Å². The summed E-state index contributed by atoms with van der Waals surface area (Å²) in [6.07, 6.45) is 7.21. The van der Waals surface area contributed by atoms with Crippen LogP contribution in [-0.2, 0) is 4.74 Å². The molecule has 1 aliphatic heterocycles. The highest BCUT2D eigenvalue weighted by atomic mass is 16.5. The summed E-state index contributed by atoms with van der Waals surface area (Å²) in [5, 5.41) is 3.72. The van der Waals surface area contributed by atoms with Gasteiger partial charge in [-0.1, -0.05) is 26.7 Å². The maximum Gasteiger partial charge on any atom is 0.0702 e. The summed E-state index contributed by atoms with van der Waals surface area (Å²) in [7, 11) is 2.30. The minimum Gasteiger partial charge on any atom is -0.377 e. The molecule has 0 aromatic carbocycles. The molecule has 2 atom stereocenters. The molecule has 1 saturated carbocycles. The standard InChI is InChI=1S/C17H34N2O/c1-14(2)11-18-12-17(8-5-6-9-17)13-19(4)16-7-10-20-15(16)3/h14-16,18H,5-13H2,1-4H3. The van der Waals surface area contributed by atoms with Crippen molar-refractivity contribution in [2.24, 2.45) is 11.3 Å². The van der Waals surface area contributed by atoms with Crippen molar-refractivity contribution in [2.45, 2.75) is 65.0 Å². The summed E-state index contributed by atoms with van der Waals surface area (Å²) < 4.78 is 5.74. The fourth-order valence-electron chi connectivity index (χ4n) is 4.09. The minimum atomic E-state index is 0.405. The highest BCUT2D eigenvalue weighted by Gasteiger charge is 2.37. The number of nitrogens with zero attached hydrogens (tertiary/aromatic N) is 1. The number of hydrogen-bond donors (Lipinski definition) is 1. The van der Waals surface area contributed by atoms with E-state index in [-0.39, 0.29) is 0 Å². The molecule has 1 aliphatic carbocycles. The molecule has 2 unspecified atom stereocenters. The molecular weight excluding hydrogens is 248 g/mol. The Labute approximate surface area is 125 Å². The number of likely N-dealkylation sites (N-methyl/N-ethyl adjacent to an activating group) is 1. The second-order valence-electron chi connectivity index (χ2n) is 7.58. The van der Waals surface area contributed by atoms with Crippen LogP contribution in [0.4, 0.5) is 0 Å². The number of nitrogens with one attached hydrogen (secondary N) is 1. The zero-order valence-electron chi connectivity index (χ0n) is 14.0. The molecule has 2 aliphatic rings. The SMILES string of the molecule is CC(C)CNCC1(CN(C)C2CCOC2C)CCCC1. The van der Waals surface area contributed by atoms with Crippen molar-refractivity contribution in [2.75, 3.05) is 33.3 Å². The van der Waals surface area contributed by atoms with E-state index in [4.69, 9.17) is 4.74 Å². The van der Waals surface area contributed by atoms with Crippen molar-refractivity contribution in [3.63, 3.8) is 0 Å². The van der Waals surface area contributed by atoms with Gasteiger partial charge >= 0.3 is 0 Å². The lowest BCUT2D eigenvalue weighted by molar-refractivity contribution is 0.0635. The lowest BCUT2D eigenvalue weighted by Crippen LogP contribution is -2.47. The van der Waals surface area contributed by atoms with Gasteiger partial charge < -0.3 is 15.0 Å². The van der Waals surface area contributed by atoms with Gasteiger partial charge in [-0.25, -0.2) is 0 Å². The first-order valence-corrected chi connectivity index (χ1v) is 8.55. The molecule has 20 heavy (non-hydrogen) atoms. The van der Waals surface area contributed by atoms with Crippen LogP contribution in [0.2, 0.25) is 0 Å². The molecule has 2 rings (SSSR count). The maximum atomic E-state index is 5.74. The lowest BCUT2D eigenvalue weighted by Gasteiger charge is -2.37. The third kappa shape index (κ3) is 4.19. The van der Waals surface area contributed by atoms with Crippen LogP contribution in [0.15, 0.2) is 0 Å². The van der Waals surface area contributed by atoms with E-state index < -0.39 is 0 Å². The Hall–Kier alpha value is -0.120. The molecule has 3 heteroatoms. The first-order chi connectivity index (χ1) is 9.52. The Kier molecular flexibility index (Phi) is 5.88. The zero-order chi connectivity index (χ0) is 14.6. The molecule has 0 bridgehead atoms. The Bertz CT molecular complexity index is 287. The van der Waals surface area contributed by atoms with Crippen molar-refractivity contribution < 1.29 is 4.74 Å². The second kappa shape index (κ2) is 7.24. The minimum absolute atomic E-state index is 0.405. The van der Waals surface area contributed by atoms with Gasteiger partial charge in [0.05, 0.1) is 6.10 Å². The van der Waals surface area contributed by atoms with Crippen molar-refractivity contribution in [3.05, 3.63) is 0 Å². The molecule has 2 fully saturated rings. The summed E-state index contributed by atoms with van der Waals surface area (Å²) >= 11 is 0. The largest absolute Gasteiger partial charge is 0.377 e. The molecule has 1 heterocycles. The topological polar surface area (TPSA) is 24.5 Å². The van der Waals surface area contributed by atoms with Crippen LogP contribution in [-0.4, -0.2) is 50.3 Å². The van der Waals surface area contributed by atoms with E-state index in [2.05, 4.69) is 38.0 Å². The number of rotatable bonds is 7. The van der Waals surface area contributed by atoms with Crippen LogP contribution >= 0.6 is 0 Å². The smallest absolute Gasteiger partial charge is 0.0702 e. The quantitative estimate of drug-likeness (QED) is 0.777. The average molecular weight is 282 g/mol. The van der Waals surface area contributed by atoms with E-state index in [0.717, 1.165) is 19.1 Å². The van der Waals surface area contributed by atoms with Crippen molar-refractivity contribution in [1.29, 1.82) is 0 Å². The monoisotopic (exact) mass is 282 g/mol. The van der Waals surface area contributed by atoms with E-state index in [1.165, 1.54) is 45.2 Å². The normalized spacial score (nSPS) is 29.7. The average Bonchev–Trinajstić information content (AvgIpc) is 2.98. The Morgan fingerprint density at radius 2 is 2.00 bits per heavy atom. The van der Waals surface area contributed by atoms with Gasteiger partial charge in [-0.2, -0.15) is 0 Å². The van der Waals surface area contributed by atoms with Gasteiger partial charge in [-0.05, 0) is 51.1 Å². The molecular formula is C17H34N2O. The summed E-state index contributed by atoms with van der Waals surface area (Å²) in [5.74, 6) is 0.745. The highest BCUT2D eigenvalue weighted by Crippen LogP contribution is 2.39. The molecule has 1 N–H and O–H groups in total. The van der Waals surface area contributed by atoms with E-state index in [1.54, 1.807) is 0 Å². The van der Waals surface area contributed by atoms with Gasteiger partial charge in [0.15, 0.2) is 0 Å². The van der Waals surface area contributed by atoms with Gasteiger partial charge in [0.2, 0.25) is 0 Å². The Morgan fingerprint density at radius 3 is 2.55 bits per heavy atom. The third-order valence-corrected chi connectivity index (χ3v) is 5.20. The number of hydrogen-bond acceptors (Lipinski definition) is 3. The highest BCUT2D eigenvalue weighted by molar-refractivity contribution is 4.92. The summed E-state index contributed by atoms with van der Waals surface area (Å²) in [4.78, 5) is 2.58. The predicted molar refractivity (Wildman–Crippen MR) is 85.1 cm³/mol. The Balaban J connectivity index is 1.87. The fraction of sp³-hybridized carbons (Fsp3) is 1.00. The van der Waals surface area contributed by atoms with E-state index >= 15 is 0 Å². The van der Waals surface area contributed by atoms with Crippen molar-refractivity contribution in [1.82, 2.24) is 10.2 Å². The van der Waals surface area contributed by atoms with Crippen LogP contribution in [0.5, 0.6) is 0 Å². The van der Waals surface area contributed by atoms with E-state index in [9.17, 15) is 0 Å². The first kappa shape index (κ1) is 16.3. The predicted octanol–water partition coefficient (Wildman–Crippen LogP) is 2.90. The van der Waals surface area contributed by atoms with Crippen LogP contribution in [0.3, 0.4) is 0 Å². The van der Waals surface area contributed by atoms with Crippen molar-refractivity contribution in [3.8, 4) is 0 Å². The van der Waals surface area contributed by atoms with Gasteiger partial charge in [0.25, 0.3) is 0 Å². The third-order valence-electron chi connectivity index (χ3n) is 5.20. The van der Waals surface area contributed by atoms with Crippen molar-refractivity contribution >= 4 is 0 Å². The molecule has 3 nitrogen and oxygen atoms in total. The first-order valence-electron chi connectivity index (χ1n) is 8.55. The molecule has 0 spiro atoms.